The molecule has 0 fully saturated rings. The van der Waals surface area contributed by atoms with Gasteiger partial charge in [-0.25, -0.2) is 4.98 Å². The molecule has 0 amide bonds. The molecule has 3 rings (SSSR count). The third-order valence-corrected chi connectivity index (χ3v) is 4.05. The van der Waals surface area contributed by atoms with Gasteiger partial charge in [0, 0.05) is 11.1 Å². The molecule has 0 aliphatic carbocycles. The molecule has 2 aromatic heterocycles. The highest BCUT2D eigenvalue weighted by molar-refractivity contribution is 7.11. The second kappa shape index (κ2) is 6.66. The van der Waals surface area contributed by atoms with Gasteiger partial charge in [-0.05, 0) is 19.1 Å². The van der Waals surface area contributed by atoms with Gasteiger partial charge >= 0.3 is 6.01 Å². The molecule has 120 valence electrons. The highest BCUT2D eigenvalue weighted by Crippen LogP contribution is 2.37. The Balaban J connectivity index is 1.79. The maximum atomic E-state index is 5.66. The highest BCUT2D eigenvalue weighted by Gasteiger charge is 2.17. The van der Waals surface area contributed by atoms with Crippen molar-refractivity contribution >= 4 is 17.4 Å². The number of thiazole rings is 1. The number of para-hydroxylation sites is 1. The van der Waals surface area contributed by atoms with Crippen LogP contribution in [0, 0.1) is 6.92 Å². The number of aryl methyl sites for hydroxylation is 1. The lowest BCUT2D eigenvalue weighted by Crippen LogP contribution is -1.97. The van der Waals surface area contributed by atoms with Crippen molar-refractivity contribution in [2.24, 2.45) is 0 Å². The van der Waals surface area contributed by atoms with Gasteiger partial charge in [-0.2, -0.15) is 0 Å². The molecule has 0 atom stereocenters. The van der Waals surface area contributed by atoms with Gasteiger partial charge in [0.2, 0.25) is 0 Å². The van der Waals surface area contributed by atoms with E-state index in [1.54, 1.807) is 25.6 Å². The summed E-state index contributed by atoms with van der Waals surface area (Å²) in [6.45, 7) is 2.55. The van der Waals surface area contributed by atoms with Crippen molar-refractivity contribution in [1.82, 2.24) is 15.2 Å². The van der Waals surface area contributed by atoms with Gasteiger partial charge in [0.15, 0.2) is 11.5 Å². The van der Waals surface area contributed by atoms with E-state index in [1.165, 1.54) is 0 Å². The van der Waals surface area contributed by atoms with E-state index in [4.69, 9.17) is 13.9 Å². The first-order valence-corrected chi connectivity index (χ1v) is 7.73. The summed E-state index contributed by atoms with van der Waals surface area (Å²) < 4.78 is 16.3. The third kappa shape index (κ3) is 3.26. The van der Waals surface area contributed by atoms with Gasteiger partial charge < -0.3 is 19.2 Å². The molecule has 0 bridgehead atoms. The van der Waals surface area contributed by atoms with Crippen LogP contribution in [-0.4, -0.2) is 29.4 Å². The summed E-state index contributed by atoms with van der Waals surface area (Å²) in [7, 11) is 3.16. The van der Waals surface area contributed by atoms with E-state index in [0.29, 0.717) is 35.5 Å². The van der Waals surface area contributed by atoms with Gasteiger partial charge in [0.1, 0.15) is 0 Å². The van der Waals surface area contributed by atoms with Crippen LogP contribution in [0.5, 0.6) is 11.5 Å². The van der Waals surface area contributed by atoms with Crippen LogP contribution in [0.1, 0.15) is 9.88 Å². The number of benzene rings is 1. The molecule has 0 saturated heterocycles. The average molecular weight is 332 g/mol. The first kappa shape index (κ1) is 15.3. The summed E-state index contributed by atoms with van der Waals surface area (Å²) in [6, 6.07) is 5.83. The summed E-state index contributed by atoms with van der Waals surface area (Å²) in [5, 5.41) is 12.2. The van der Waals surface area contributed by atoms with Crippen LogP contribution in [0.4, 0.5) is 6.01 Å². The van der Waals surface area contributed by atoms with Crippen LogP contribution in [0.3, 0.4) is 0 Å². The van der Waals surface area contributed by atoms with Crippen molar-refractivity contribution in [2.45, 2.75) is 13.5 Å². The first-order valence-electron chi connectivity index (χ1n) is 6.91. The second-order valence-electron chi connectivity index (χ2n) is 4.65. The van der Waals surface area contributed by atoms with Crippen molar-refractivity contribution in [3.05, 3.63) is 34.3 Å². The molecule has 23 heavy (non-hydrogen) atoms. The van der Waals surface area contributed by atoms with Crippen LogP contribution in [0.2, 0.25) is 0 Å². The van der Waals surface area contributed by atoms with Crippen LogP contribution in [0.15, 0.2) is 28.8 Å². The maximum Gasteiger partial charge on any atom is 0.316 e. The Labute approximate surface area is 137 Å². The minimum absolute atomic E-state index is 0.343. The molecule has 0 aliphatic heterocycles. The van der Waals surface area contributed by atoms with Crippen molar-refractivity contribution in [1.29, 1.82) is 0 Å². The van der Waals surface area contributed by atoms with Crippen molar-refractivity contribution in [3.8, 4) is 23.0 Å². The normalized spacial score (nSPS) is 10.6. The van der Waals surface area contributed by atoms with Gasteiger partial charge in [0.05, 0.1) is 31.3 Å². The van der Waals surface area contributed by atoms with E-state index >= 15 is 0 Å². The lowest BCUT2D eigenvalue weighted by molar-refractivity contribution is 0.355. The number of hydrogen-bond acceptors (Lipinski definition) is 8. The van der Waals surface area contributed by atoms with Crippen LogP contribution in [0.25, 0.3) is 11.5 Å². The van der Waals surface area contributed by atoms with E-state index in [-0.39, 0.29) is 0 Å². The summed E-state index contributed by atoms with van der Waals surface area (Å²) >= 11 is 1.62. The molecule has 0 saturated carbocycles. The first-order chi connectivity index (χ1) is 11.2. The summed E-state index contributed by atoms with van der Waals surface area (Å²) in [6.07, 6.45) is 1.83. The fourth-order valence-corrected chi connectivity index (χ4v) is 2.84. The van der Waals surface area contributed by atoms with Gasteiger partial charge in [0.25, 0.3) is 5.89 Å². The zero-order valence-electron chi connectivity index (χ0n) is 13.0. The number of methoxy groups -OCH3 is 2. The Morgan fingerprint density at radius 1 is 1.22 bits per heavy atom. The minimum Gasteiger partial charge on any atom is -0.493 e. The molecule has 1 aromatic carbocycles. The van der Waals surface area contributed by atoms with E-state index < -0.39 is 0 Å². The molecular formula is C15H16N4O3S. The SMILES string of the molecule is COc1cccc(-c2nnc(NCc3cnc(C)s3)o2)c1OC. The molecule has 0 spiro atoms. The number of aromatic nitrogens is 3. The lowest BCUT2D eigenvalue weighted by atomic mass is 10.2. The predicted molar refractivity (Wildman–Crippen MR) is 87.0 cm³/mol. The summed E-state index contributed by atoms with van der Waals surface area (Å²) in [4.78, 5) is 5.30. The van der Waals surface area contributed by atoms with Crippen LogP contribution >= 0.6 is 11.3 Å². The van der Waals surface area contributed by atoms with Gasteiger partial charge in [-0.15, -0.1) is 16.4 Å². The van der Waals surface area contributed by atoms with E-state index in [1.807, 2.05) is 31.3 Å². The fourth-order valence-electron chi connectivity index (χ4n) is 2.11. The fraction of sp³-hybridized carbons (Fsp3) is 0.267. The maximum absolute atomic E-state index is 5.66. The lowest BCUT2D eigenvalue weighted by Gasteiger charge is -2.09. The Hall–Kier alpha value is -2.61. The number of anilines is 1. The molecule has 8 heteroatoms. The van der Waals surface area contributed by atoms with Gasteiger partial charge in [-0.3, -0.25) is 0 Å². The molecule has 0 aliphatic rings. The Bertz CT molecular complexity index is 800. The zero-order valence-corrected chi connectivity index (χ0v) is 13.8. The topological polar surface area (TPSA) is 82.3 Å². The number of ether oxygens (including phenoxy) is 2. The van der Waals surface area contributed by atoms with E-state index in [0.717, 1.165) is 9.88 Å². The quantitative estimate of drug-likeness (QED) is 0.742. The van der Waals surface area contributed by atoms with Gasteiger partial charge in [-0.1, -0.05) is 11.2 Å². The minimum atomic E-state index is 0.343. The zero-order chi connectivity index (χ0) is 16.2. The summed E-state index contributed by atoms with van der Waals surface area (Å²) in [5.41, 5.74) is 0.682. The Morgan fingerprint density at radius 2 is 2.09 bits per heavy atom. The Kier molecular flexibility index (Phi) is 4.42. The van der Waals surface area contributed by atoms with Crippen molar-refractivity contribution in [3.63, 3.8) is 0 Å². The Morgan fingerprint density at radius 3 is 2.78 bits per heavy atom. The molecule has 0 radical (unpaired) electrons. The monoisotopic (exact) mass is 332 g/mol. The molecule has 3 aromatic rings. The molecule has 2 heterocycles. The highest BCUT2D eigenvalue weighted by atomic mass is 32.1. The average Bonchev–Trinajstić information content (AvgIpc) is 3.20. The van der Waals surface area contributed by atoms with Crippen molar-refractivity contribution in [2.75, 3.05) is 19.5 Å². The molecular weight excluding hydrogens is 316 g/mol. The predicted octanol–water partition coefficient (Wildman–Crippen LogP) is 3.13. The van der Waals surface area contributed by atoms with Crippen LogP contribution < -0.4 is 14.8 Å². The molecule has 1 N–H and O–H groups in total. The number of nitrogens with zero attached hydrogens (tertiary/aromatic N) is 3. The third-order valence-electron chi connectivity index (χ3n) is 3.14. The molecule has 7 nitrogen and oxygen atoms in total. The van der Waals surface area contributed by atoms with Crippen LogP contribution in [-0.2, 0) is 6.54 Å². The number of nitrogens with one attached hydrogen (secondary N) is 1. The van der Waals surface area contributed by atoms with Crippen molar-refractivity contribution < 1.29 is 13.9 Å². The smallest absolute Gasteiger partial charge is 0.316 e. The number of hydrogen-bond donors (Lipinski definition) is 1. The standard InChI is InChI=1S/C15H16N4O3S/c1-9-16-7-10(23-9)8-17-15-19-18-14(22-15)11-5-4-6-12(20-2)13(11)21-3/h4-7H,8H2,1-3H3,(H,17,19). The number of rotatable bonds is 6. The largest absolute Gasteiger partial charge is 0.493 e. The van der Waals surface area contributed by atoms with E-state index in [9.17, 15) is 0 Å². The van der Waals surface area contributed by atoms with E-state index in [2.05, 4.69) is 20.5 Å². The second-order valence-corrected chi connectivity index (χ2v) is 5.97. The summed E-state index contributed by atoms with van der Waals surface area (Å²) in [5.74, 6) is 1.53. The molecule has 0 unspecified atom stereocenters.